The van der Waals surface area contributed by atoms with E-state index in [-0.39, 0.29) is 6.61 Å². The molecule has 5 atom stereocenters. The number of hydrogen-bond donors (Lipinski definition) is 1. The van der Waals surface area contributed by atoms with Crippen molar-refractivity contribution in [2.45, 2.75) is 50.5 Å². The molecule has 0 saturated carbocycles. The van der Waals surface area contributed by atoms with Crippen LogP contribution in [-0.4, -0.2) is 49.5 Å². The third-order valence-corrected chi connectivity index (χ3v) is 5.86. The Morgan fingerprint density at radius 3 is 1.44 bits per heavy atom. The second kappa shape index (κ2) is 12.8. The molecule has 0 aliphatic carbocycles. The molecule has 0 bridgehead atoms. The van der Waals surface area contributed by atoms with Gasteiger partial charge in [0.1, 0.15) is 24.4 Å². The molecule has 3 aromatic carbocycles. The van der Waals surface area contributed by atoms with E-state index in [2.05, 4.69) is 0 Å². The van der Waals surface area contributed by atoms with Crippen LogP contribution in [0.3, 0.4) is 0 Å². The van der Waals surface area contributed by atoms with Crippen LogP contribution in [0.1, 0.15) is 16.7 Å². The third-order valence-electron chi connectivity index (χ3n) is 5.86. The molecule has 4 rings (SSSR count). The lowest BCUT2D eigenvalue weighted by molar-refractivity contribution is -0.321. The molecule has 2 unspecified atom stereocenters. The zero-order valence-electron chi connectivity index (χ0n) is 19.4. The highest BCUT2D eigenvalue weighted by atomic mass is 16.7. The minimum absolute atomic E-state index is 0.226. The van der Waals surface area contributed by atoms with Gasteiger partial charge in [-0.15, -0.1) is 0 Å². The standard InChI is InChI=1S/C28H32O6/c1-30-28-27(33-20-23-15-9-4-10-16-23)26(32-19-22-13-7-3-8-14-22)25(24(17-29)34-28)31-18-21-11-5-2-6-12-21/h2-16,24-29H,17-20H2,1H3/t24?,25-,26-,27?,28+/m0/s1. The third kappa shape index (κ3) is 6.51. The van der Waals surface area contributed by atoms with E-state index >= 15 is 0 Å². The van der Waals surface area contributed by atoms with Gasteiger partial charge >= 0.3 is 0 Å². The van der Waals surface area contributed by atoms with E-state index in [0.29, 0.717) is 19.8 Å². The Kier molecular flexibility index (Phi) is 9.21. The van der Waals surface area contributed by atoms with Gasteiger partial charge in [-0.3, -0.25) is 0 Å². The first kappa shape index (κ1) is 24.5. The first-order chi connectivity index (χ1) is 16.8. The fourth-order valence-electron chi connectivity index (χ4n) is 4.08. The normalized spacial score (nSPS) is 24.7. The van der Waals surface area contributed by atoms with Crippen molar-refractivity contribution in [3.05, 3.63) is 108 Å². The maximum absolute atomic E-state index is 10.1. The fraction of sp³-hybridized carbons (Fsp3) is 0.357. The molecule has 1 aliphatic rings. The Morgan fingerprint density at radius 2 is 1.03 bits per heavy atom. The molecular weight excluding hydrogens is 432 g/mol. The van der Waals surface area contributed by atoms with Crippen LogP contribution < -0.4 is 0 Å². The summed E-state index contributed by atoms with van der Waals surface area (Å²) in [5.41, 5.74) is 3.09. The van der Waals surface area contributed by atoms with Crippen LogP contribution in [0.5, 0.6) is 0 Å². The average Bonchev–Trinajstić information content (AvgIpc) is 2.91. The van der Waals surface area contributed by atoms with Gasteiger partial charge in [-0.25, -0.2) is 0 Å². The van der Waals surface area contributed by atoms with E-state index in [1.54, 1.807) is 7.11 Å². The van der Waals surface area contributed by atoms with Gasteiger partial charge < -0.3 is 28.8 Å². The summed E-state index contributed by atoms with van der Waals surface area (Å²) in [6.07, 6.45) is -2.97. The summed E-state index contributed by atoms with van der Waals surface area (Å²) in [4.78, 5) is 0. The van der Waals surface area contributed by atoms with Crippen molar-refractivity contribution >= 4 is 0 Å². The zero-order valence-corrected chi connectivity index (χ0v) is 19.4. The predicted molar refractivity (Wildman–Crippen MR) is 128 cm³/mol. The largest absolute Gasteiger partial charge is 0.394 e. The Morgan fingerprint density at radius 1 is 0.618 bits per heavy atom. The summed E-state index contributed by atoms with van der Waals surface area (Å²) in [5.74, 6) is 0. The van der Waals surface area contributed by atoms with E-state index in [0.717, 1.165) is 16.7 Å². The molecule has 0 spiro atoms. The van der Waals surface area contributed by atoms with E-state index < -0.39 is 30.7 Å². The highest BCUT2D eigenvalue weighted by Crippen LogP contribution is 2.30. The molecule has 1 N–H and O–H groups in total. The molecule has 0 aromatic heterocycles. The van der Waals surface area contributed by atoms with Gasteiger partial charge in [0.25, 0.3) is 0 Å². The second-order valence-electron chi connectivity index (χ2n) is 8.24. The molecular formula is C28H32O6. The zero-order chi connectivity index (χ0) is 23.6. The lowest BCUT2D eigenvalue weighted by atomic mass is 9.98. The Labute approximate surface area is 201 Å². The van der Waals surface area contributed by atoms with E-state index in [1.807, 2.05) is 91.0 Å². The number of methoxy groups -OCH3 is 1. The fourth-order valence-corrected chi connectivity index (χ4v) is 4.08. The minimum atomic E-state index is -0.710. The summed E-state index contributed by atoms with van der Waals surface area (Å²) in [7, 11) is 1.57. The SMILES string of the molecule is CO[C@@H]1OC(CO)[C@H](OCc2ccccc2)[C@H](OCc2ccccc2)C1OCc1ccccc1. The Hall–Kier alpha value is -2.58. The van der Waals surface area contributed by atoms with Gasteiger partial charge in [-0.2, -0.15) is 0 Å². The van der Waals surface area contributed by atoms with E-state index in [4.69, 9.17) is 23.7 Å². The van der Waals surface area contributed by atoms with Crippen molar-refractivity contribution in [3.63, 3.8) is 0 Å². The van der Waals surface area contributed by atoms with Gasteiger partial charge in [0, 0.05) is 7.11 Å². The van der Waals surface area contributed by atoms with Crippen molar-refractivity contribution in [1.82, 2.24) is 0 Å². The van der Waals surface area contributed by atoms with Crippen molar-refractivity contribution in [2.24, 2.45) is 0 Å². The Balaban J connectivity index is 1.56. The van der Waals surface area contributed by atoms with Crippen LogP contribution in [0.15, 0.2) is 91.0 Å². The summed E-state index contributed by atoms with van der Waals surface area (Å²) < 4.78 is 30.7. The smallest absolute Gasteiger partial charge is 0.186 e. The minimum Gasteiger partial charge on any atom is -0.394 e. The first-order valence-electron chi connectivity index (χ1n) is 11.5. The van der Waals surface area contributed by atoms with Crippen LogP contribution in [-0.2, 0) is 43.5 Å². The van der Waals surface area contributed by atoms with Crippen molar-refractivity contribution in [1.29, 1.82) is 0 Å². The van der Waals surface area contributed by atoms with Gasteiger partial charge in [0.15, 0.2) is 6.29 Å². The second-order valence-corrected chi connectivity index (χ2v) is 8.24. The topological polar surface area (TPSA) is 66.4 Å². The molecule has 1 saturated heterocycles. The molecule has 1 fully saturated rings. The Bertz CT molecular complexity index is 895. The highest BCUT2D eigenvalue weighted by molar-refractivity contribution is 5.15. The maximum atomic E-state index is 10.1. The van der Waals surface area contributed by atoms with Crippen LogP contribution in [0.25, 0.3) is 0 Å². The van der Waals surface area contributed by atoms with Gasteiger partial charge in [-0.1, -0.05) is 91.0 Å². The number of aliphatic hydroxyl groups is 1. The van der Waals surface area contributed by atoms with Crippen molar-refractivity contribution in [2.75, 3.05) is 13.7 Å². The lowest BCUT2D eigenvalue weighted by Gasteiger charge is -2.45. The number of rotatable bonds is 11. The molecule has 34 heavy (non-hydrogen) atoms. The average molecular weight is 465 g/mol. The van der Waals surface area contributed by atoms with Crippen LogP contribution in [0.2, 0.25) is 0 Å². The van der Waals surface area contributed by atoms with Gasteiger partial charge in [-0.05, 0) is 16.7 Å². The molecule has 0 amide bonds. The molecule has 1 aliphatic heterocycles. The molecule has 0 radical (unpaired) electrons. The molecule has 6 heteroatoms. The van der Waals surface area contributed by atoms with Gasteiger partial charge in [0.2, 0.25) is 0 Å². The number of hydrogen-bond acceptors (Lipinski definition) is 6. The summed E-state index contributed by atoms with van der Waals surface area (Å²) >= 11 is 0. The highest BCUT2D eigenvalue weighted by Gasteiger charge is 2.48. The van der Waals surface area contributed by atoms with Crippen molar-refractivity contribution in [3.8, 4) is 0 Å². The van der Waals surface area contributed by atoms with Crippen LogP contribution >= 0.6 is 0 Å². The van der Waals surface area contributed by atoms with Crippen LogP contribution in [0.4, 0.5) is 0 Å². The molecule has 6 nitrogen and oxygen atoms in total. The van der Waals surface area contributed by atoms with E-state index in [1.165, 1.54) is 0 Å². The predicted octanol–water partition coefficient (Wildman–Crippen LogP) is 4.11. The molecule has 180 valence electrons. The maximum Gasteiger partial charge on any atom is 0.186 e. The van der Waals surface area contributed by atoms with Gasteiger partial charge in [0.05, 0.1) is 26.4 Å². The van der Waals surface area contributed by atoms with Crippen LogP contribution in [0, 0.1) is 0 Å². The first-order valence-corrected chi connectivity index (χ1v) is 11.5. The molecule has 1 heterocycles. The quantitative estimate of drug-likeness (QED) is 0.461. The van der Waals surface area contributed by atoms with E-state index in [9.17, 15) is 5.11 Å². The summed E-state index contributed by atoms with van der Waals surface area (Å²) in [6, 6.07) is 29.8. The monoisotopic (exact) mass is 464 g/mol. The number of benzene rings is 3. The lowest BCUT2D eigenvalue weighted by Crippen LogP contribution is -2.61. The van der Waals surface area contributed by atoms with Crippen molar-refractivity contribution < 1.29 is 28.8 Å². The number of aliphatic hydroxyl groups excluding tert-OH is 1. The summed E-state index contributed by atoms with van der Waals surface area (Å²) in [6.45, 7) is 0.876. The number of ether oxygens (including phenoxy) is 5. The molecule has 3 aromatic rings. The summed E-state index contributed by atoms with van der Waals surface area (Å²) in [5, 5.41) is 10.1.